The van der Waals surface area contributed by atoms with Crippen molar-refractivity contribution >= 4 is 12.6 Å². The zero-order valence-corrected chi connectivity index (χ0v) is 10.2. The minimum Gasteiger partial charge on any atom is -0.444 e. The van der Waals surface area contributed by atoms with E-state index in [0.717, 1.165) is 4.68 Å². The van der Waals surface area contributed by atoms with Gasteiger partial charge in [-0.25, -0.2) is 0 Å². The van der Waals surface area contributed by atoms with E-state index in [-0.39, 0.29) is 57.1 Å². The minimum atomic E-state index is -5.00. The Morgan fingerprint density at radius 1 is 1.33 bits per heavy atom. The van der Waals surface area contributed by atoms with Gasteiger partial charge >= 0.3 is 58.4 Å². The fourth-order valence-electron chi connectivity index (χ4n) is 0.723. The molecule has 12 heavy (non-hydrogen) atoms. The second kappa shape index (κ2) is 4.23. The van der Waals surface area contributed by atoms with Gasteiger partial charge in [-0.3, -0.25) is 4.68 Å². The van der Waals surface area contributed by atoms with Crippen LogP contribution in [-0.2, 0) is 7.05 Å². The number of hydrogen-bond acceptors (Lipinski definition) is 2. The van der Waals surface area contributed by atoms with E-state index in [0.29, 0.717) is 0 Å². The molecule has 1 rings (SSSR count). The molecule has 0 saturated heterocycles. The number of hydrogen-bond donors (Lipinski definition) is 0. The van der Waals surface area contributed by atoms with E-state index in [1.807, 2.05) is 0 Å². The summed E-state index contributed by atoms with van der Waals surface area (Å²) in [4.78, 5) is 0. The van der Waals surface area contributed by atoms with Crippen molar-refractivity contribution < 1.29 is 64.3 Å². The van der Waals surface area contributed by atoms with Crippen molar-refractivity contribution in [1.29, 1.82) is 0 Å². The van der Waals surface area contributed by atoms with E-state index in [1.54, 1.807) is 0 Å². The fraction of sp³-hybridized carbons (Fsp3) is 0.500. The van der Waals surface area contributed by atoms with Gasteiger partial charge in [-0.15, -0.1) is 0 Å². The van der Waals surface area contributed by atoms with Gasteiger partial charge < -0.3 is 12.9 Å². The summed E-state index contributed by atoms with van der Waals surface area (Å²) >= 11 is 0. The van der Waals surface area contributed by atoms with E-state index in [4.69, 9.17) is 0 Å². The molecule has 0 aliphatic rings. The maximum Gasteiger partial charge on any atom is 1.00 e. The van der Waals surface area contributed by atoms with Crippen LogP contribution in [0.4, 0.5) is 12.9 Å². The Kier molecular flexibility index (Phi) is 4.45. The molecule has 62 valence electrons. The molecule has 1 aromatic heterocycles. The molecule has 0 aromatic carbocycles. The Hall–Kier alpha value is 0.631. The molecule has 0 fully saturated rings. The number of aromatic nitrogens is 3. The second-order valence-corrected chi connectivity index (χ2v) is 2.26. The van der Waals surface area contributed by atoms with Gasteiger partial charge in [0.25, 0.3) is 0 Å². The summed E-state index contributed by atoms with van der Waals surface area (Å²) in [6.07, 6.45) is 0. The van der Waals surface area contributed by atoms with Crippen LogP contribution in [-0.4, -0.2) is 22.0 Å². The summed E-state index contributed by atoms with van der Waals surface area (Å²) in [5, 5.41) is 6.25. The summed E-state index contributed by atoms with van der Waals surface area (Å²) in [5.74, 6) is 0. The predicted octanol–water partition coefficient (Wildman–Crippen LogP) is -2.82. The first kappa shape index (κ1) is 12.6. The molecule has 1 aromatic rings. The van der Waals surface area contributed by atoms with Crippen LogP contribution in [0, 0.1) is 6.92 Å². The molecule has 0 unspecified atom stereocenters. The maximum absolute atomic E-state index is 12.0. The smallest absolute Gasteiger partial charge is 0.444 e. The van der Waals surface area contributed by atoms with Gasteiger partial charge in [-0.05, 0) is 6.92 Å². The van der Waals surface area contributed by atoms with E-state index in [9.17, 15) is 12.9 Å². The average molecular weight is 203 g/mol. The zero-order valence-electron chi connectivity index (χ0n) is 7.05. The van der Waals surface area contributed by atoms with Crippen LogP contribution < -0.4 is 57.0 Å². The third kappa shape index (κ3) is 2.56. The molecule has 0 aliphatic heterocycles. The molecule has 1 heterocycles. The molecule has 3 nitrogen and oxygen atoms in total. The van der Waals surface area contributed by atoms with Crippen molar-refractivity contribution in [3.8, 4) is 0 Å². The van der Waals surface area contributed by atoms with Crippen molar-refractivity contribution in [2.45, 2.75) is 6.92 Å². The normalized spacial score (nSPS) is 11.1. The molecule has 8 heteroatoms. The number of halogens is 3. The van der Waals surface area contributed by atoms with Crippen LogP contribution in [0.25, 0.3) is 0 Å². The molecule has 0 aliphatic carbocycles. The molecule has 0 bridgehead atoms. The monoisotopic (exact) mass is 203 g/mol. The maximum atomic E-state index is 12.0. The quantitative estimate of drug-likeness (QED) is 0.461. The van der Waals surface area contributed by atoms with Gasteiger partial charge in [0.05, 0.1) is 0 Å². The Balaban J connectivity index is 0.00000121. The summed E-state index contributed by atoms with van der Waals surface area (Å²) < 4.78 is 37.1. The van der Waals surface area contributed by atoms with Gasteiger partial charge in [-0.2, -0.15) is 5.10 Å². The van der Waals surface area contributed by atoms with E-state index in [2.05, 4.69) is 10.3 Å². The average Bonchev–Trinajstić information content (AvgIpc) is 2.11. The third-order valence-electron chi connectivity index (χ3n) is 1.45. The SMILES string of the molecule is Cc1c([B-](F)(F)F)nnn1C.[K+]. The largest absolute Gasteiger partial charge is 1.00 e. The predicted molar refractivity (Wildman–Crippen MR) is 34.5 cm³/mol. The molecular formula is C4H6BF3KN3. The summed E-state index contributed by atoms with van der Waals surface area (Å²) in [7, 11) is 1.42. The van der Waals surface area contributed by atoms with Crippen LogP contribution >= 0.6 is 0 Å². The Labute approximate surface area is 110 Å². The van der Waals surface area contributed by atoms with Gasteiger partial charge in [-0.1, -0.05) is 5.21 Å². The number of rotatable bonds is 1. The summed E-state index contributed by atoms with van der Waals surface area (Å²) in [6.45, 7) is -3.67. The van der Waals surface area contributed by atoms with Crippen molar-refractivity contribution in [1.82, 2.24) is 15.0 Å². The van der Waals surface area contributed by atoms with Crippen LogP contribution in [0.5, 0.6) is 0 Å². The van der Waals surface area contributed by atoms with E-state index >= 15 is 0 Å². The van der Waals surface area contributed by atoms with Gasteiger partial charge in [0.2, 0.25) is 0 Å². The van der Waals surface area contributed by atoms with Crippen LogP contribution in [0.3, 0.4) is 0 Å². The molecule has 0 radical (unpaired) electrons. The van der Waals surface area contributed by atoms with Gasteiger partial charge in [0.15, 0.2) is 0 Å². The van der Waals surface area contributed by atoms with Crippen LogP contribution in [0.15, 0.2) is 0 Å². The van der Waals surface area contributed by atoms with Gasteiger partial charge in [0, 0.05) is 18.3 Å². The Morgan fingerprint density at radius 2 is 1.83 bits per heavy atom. The summed E-state index contributed by atoms with van der Waals surface area (Å²) in [6, 6.07) is 0. The Morgan fingerprint density at radius 3 is 2.00 bits per heavy atom. The number of aryl methyl sites for hydroxylation is 1. The van der Waals surface area contributed by atoms with Crippen LogP contribution in [0.2, 0.25) is 0 Å². The first-order chi connectivity index (χ1) is 4.93. The fourth-order valence-corrected chi connectivity index (χ4v) is 0.723. The van der Waals surface area contributed by atoms with Crippen molar-refractivity contribution in [2.75, 3.05) is 0 Å². The van der Waals surface area contributed by atoms with Crippen molar-refractivity contribution in [3.05, 3.63) is 5.69 Å². The van der Waals surface area contributed by atoms with Crippen molar-refractivity contribution in [3.63, 3.8) is 0 Å². The number of nitrogens with zero attached hydrogens (tertiary/aromatic N) is 3. The van der Waals surface area contributed by atoms with E-state index < -0.39 is 12.6 Å². The molecule has 0 saturated carbocycles. The third-order valence-corrected chi connectivity index (χ3v) is 1.45. The van der Waals surface area contributed by atoms with Crippen LogP contribution in [0.1, 0.15) is 5.69 Å². The van der Waals surface area contributed by atoms with Crippen molar-refractivity contribution in [2.24, 2.45) is 7.05 Å². The van der Waals surface area contributed by atoms with Gasteiger partial charge in [0.1, 0.15) is 0 Å². The molecular weight excluding hydrogens is 197 g/mol. The zero-order chi connectivity index (χ0) is 8.65. The first-order valence-electron chi connectivity index (χ1n) is 2.99. The standard InChI is InChI=1S/C4H6BF3N3.K/c1-3-4(5(6,7)8)9-10-11(3)2;/h1-2H3;/q-1;+1. The molecule has 0 atom stereocenters. The summed E-state index contributed by atoms with van der Waals surface area (Å²) in [5.41, 5.74) is -0.801. The topological polar surface area (TPSA) is 30.7 Å². The van der Waals surface area contributed by atoms with E-state index in [1.165, 1.54) is 14.0 Å². The molecule has 0 N–H and O–H groups in total. The Bertz CT molecular complexity index is 271. The molecule has 0 amide bonds. The first-order valence-corrected chi connectivity index (χ1v) is 2.99. The minimum absolute atomic E-state index is 0. The molecule has 0 spiro atoms. The second-order valence-electron chi connectivity index (χ2n) is 2.26.